The first-order chi connectivity index (χ1) is 6.49. The van der Waals surface area contributed by atoms with Crippen LogP contribution in [0.15, 0.2) is 15.0 Å². The maximum Gasteiger partial charge on any atom is 0.173 e. The number of hydrogen-bond donors (Lipinski definition) is 2. The highest BCUT2D eigenvalue weighted by Crippen LogP contribution is 2.42. The topological polar surface area (TPSA) is 55.5 Å². The van der Waals surface area contributed by atoms with Crippen LogP contribution in [-0.2, 0) is 0 Å². The monoisotopic (exact) mass is 323 g/mol. The Balaban J connectivity index is 3.40. The molecule has 0 aliphatic rings. The average Bonchev–Trinajstić information content (AvgIpc) is 2.14. The van der Waals surface area contributed by atoms with Gasteiger partial charge < -0.3 is 15.6 Å². The van der Waals surface area contributed by atoms with Crippen molar-refractivity contribution >= 4 is 31.9 Å². The molecule has 0 fully saturated rings. The zero-order valence-electron chi connectivity index (χ0n) is 7.84. The van der Waals surface area contributed by atoms with Gasteiger partial charge in [-0.3, -0.25) is 0 Å². The van der Waals surface area contributed by atoms with Crippen LogP contribution in [0.2, 0.25) is 0 Å². The highest BCUT2D eigenvalue weighted by Gasteiger charge is 2.16. The summed E-state index contributed by atoms with van der Waals surface area (Å²) in [5, 5.41) is 9.64. The van der Waals surface area contributed by atoms with E-state index in [0.29, 0.717) is 10.2 Å². The molecule has 0 saturated heterocycles. The number of aromatic hydroxyl groups is 1. The van der Waals surface area contributed by atoms with Gasteiger partial charge in [0.1, 0.15) is 0 Å². The molecule has 1 aromatic rings. The SMILES string of the molecule is COc1cc([C@@H](C)N)c(Br)c(Br)c1O. The molecule has 0 bridgehead atoms. The van der Waals surface area contributed by atoms with Gasteiger partial charge in [0.15, 0.2) is 11.5 Å². The summed E-state index contributed by atoms with van der Waals surface area (Å²) in [4.78, 5) is 0. The summed E-state index contributed by atoms with van der Waals surface area (Å²) in [6.07, 6.45) is 0. The van der Waals surface area contributed by atoms with Crippen molar-refractivity contribution in [3.8, 4) is 11.5 Å². The van der Waals surface area contributed by atoms with E-state index in [1.165, 1.54) is 7.11 Å². The number of methoxy groups -OCH3 is 1. The number of nitrogens with two attached hydrogens (primary N) is 1. The second kappa shape index (κ2) is 4.51. The summed E-state index contributed by atoms with van der Waals surface area (Å²) in [7, 11) is 1.50. The molecule has 0 amide bonds. The molecule has 0 spiro atoms. The van der Waals surface area contributed by atoms with Crippen LogP contribution in [-0.4, -0.2) is 12.2 Å². The zero-order chi connectivity index (χ0) is 10.9. The minimum Gasteiger partial charge on any atom is -0.503 e. The quantitative estimate of drug-likeness (QED) is 0.879. The van der Waals surface area contributed by atoms with Crippen LogP contribution in [0.5, 0.6) is 11.5 Å². The van der Waals surface area contributed by atoms with E-state index in [1.54, 1.807) is 6.07 Å². The molecule has 0 aliphatic heterocycles. The van der Waals surface area contributed by atoms with Crippen molar-refractivity contribution in [3.05, 3.63) is 20.6 Å². The lowest BCUT2D eigenvalue weighted by Gasteiger charge is -2.14. The minimum atomic E-state index is -0.129. The Labute approximate surface area is 99.5 Å². The molecule has 14 heavy (non-hydrogen) atoms. The van der Waals surface area contributed by atoms with Gasteiger partial charge in [0, 0.05) is 10.5 Å². The van der Waals surface area contributed by atoms with Gasteiger partial charge in [-0.15, -0.1) is 0 Å². The van der Waals surface area contributed by atoms with Crippen molar-refractivity contribution in [1.82, 2.24) is 0 Å². The largest absolute Gasteiger partial charge is 0.503 e. The van der Waals surface area contributed by atoms with Gasteiger partial charge in [0.25, 0.3) is 0 Å². The molecule has 1 aromatic carbocycles. The average molecular weight is 325 g/mol. The summed E-state index contributed by atoms with van der Waals surface area (Å²) in [6.45, 7) is 1.86. The molecule has 0 aromatic heterocycles. The molecule has 0 heterocycles. The molecule has 0 saturated carbocycles. The van der Waals surface area contributed by atoms with Crippen LogP contribution < -0.4 is 10.5 Å². The second-order valence-electron chi connectivity index (χ2n) is 2.93. The van der Waals surface area contributed by atoms with Crippen molar-refractivity contribution in [1.29, 1.82) is 0 Å². The molecular weight excluding hydrogens is 314 g/mol. The fraction of sp³-hybridized carbons (Fsp3) is 0.333. The fourth-order valence-corrected chi connectivity index (χ4v) is 2.19. The molecule has 1 atom stereocenters. The van der Waals surface area contributed by atoms with E-state index in [0.717, 1.165) is 10.0 Å². The van der Waals surface area contributed by atoms with Crippen LogP contribution in [0.3, 0.4) is 0 Å². The minimum absolute atomic E-state index is 0.0729. The van der Waals surface area contributed by atoms with Crippen LogP contribution in [0.1, 0.15) is 18.5 Å². The maximum atomic E-state index is 9.64. The molecule has 5 heteroatoms. The standard InChI is InChI=1S/C9H11Br2NO2/c1-4(12)5-3-6(14-2)9(13)8(11)7(5)10/h3-4,13H,12H2,1-2H3/t4-/m1/s1. The summed E-state index contributed by atoms with van der Waals surface area (Å²) in [6, 6.07) is 1.59. The number of halogens is 2. The number of ether oxygens (including phenoxy) is 1. The molecule has 0 aliphatic carbocycles. The number of phenolic OH excluding ortho intramolecular Hbond substituents is 1. The van der Waals surface area contributed by atoms with Crippen molar-refractivity contribution in [2.24, 2.45) is 5.73 Å². The third kappa shape index (κ3) is 2.04. The van der Waals surface area contributed by atoms with Gasteiger partial charge in [0.2, 0.25) is 0 Å². The summed E-state index contributed by atoms with van der Waals surface area (Å²) in [5.74, 6) is 0.483. The van der Waals surface area contributed by atoms with Crippen LogP contribution in [0, 0.1) is 0 Å². The smallest absolute Gasteiger partial charge is 0.173 e. The Morgan fingerprint density at radius 2 is 2.00 bits per heavy atom. The highest BCUT2D eigenvalue weighted by molar-refractivity contribution is 9.13. The summed E-state index contributed by atoms with van der Waals surface area (Å²) < 4.78 is 6.33. The van der Waals surface area contributed by atoms with Gasteiger partial charge in [-0.2, -0.15) is 0 Å². The predicted octanol–water partition coefficient (Wildman–Crippen LogP) is 2.95. The number of rotatable bonds is 2. The Hall–Kier alpha value is -0.260. The predicted molar refractivity (Wildman–Crippen MR) is 62.7 cm³/mol. The third-order valence-electron chi connectivity index (χ3n) is 1.88. The lowest BCUT2D eigenvalue weighted by molar-refractivity contribution is 0.370. The van der Waals surface area contributed by atoms with Crippen molar-refractivity contribution in [2.75, 3.05) is 7.11 Å². The molecule has 0 unspecified atom stereocenters. The highest BCUT2D eigenvalue weighted by atomic mass is 79.9. The van der Waals surface area contributed by atoms with E-state index in [1.807, 2.05) is 6.92 Å². The Bertz CT molecular complexity index is 353. The summed E-state index contributed by atoms with van der Waals surface area (Å²) >= 11 is 6.61. The lowest BCUT2D eigenvalue weighted by atomic mass is 10.1. The van der Waals surface area contributed by atoms with Crippen LogP contribution in [0.25, 0.3) is 0 Å². The number of hydrogen-bond acceptors (Lipinski definition) is 3. The molecular formula is C9H11Br2NO2. The number of phenols is 1. The number of benzene rings is 1. The van der Waals surface area contributed by atoms with Gasteiger partial charge in [-0.25, -0.2) is 0 Å². The normalized spacial score (nSPS) is 12.6. The van der Waals surface area contributed by atoms with Gasteiger partial charge >= 0.3 is 0 Å². The Morgan fingerprint density at radius 1 is 1.43 bits per heavy atom. The van der Waals surface area contributed by atoms with Gasteiger partial charge in [0.05, 0.1) is 11.6 Å². The zero-order valence-corrected chi connectivity index (χ0v) is 11.0. The molecule has 3 nitrogen and oxygen atoms in total. The molecule has 1 rings (SSSR count). The van der Waals surface area contributed by atoms with Gasteiger partial charge in [-0.1, -0.05) is 0 Å². The molecule has 78 valence electrons. The van der Waals surface area contributed by atoms with Crippen molar-refractivity contribution in [3.63, 3.8) is 0 Å². The lowest BCUT2D eigenvalue weighted by Crippen LogP contribution is -2.06. The molecule has 3 N–H and O–H groups in total. The van der Waals surface area contributed by atoms with Crippen molar-refractivity contribution < 1.29 is 9.84 Å². The Morgan fingerprint density at radius 3 is 2.43 bits per heavy atom. The first-order valence-corrected chi connectivity index (χ1v) is 5.58. The summed E-state index contributed by atoms with van der Waals surface area (Å²) in [5.41, 5.74) is 6.65. The fourth-order valence-electron chi connectivity index (χ4n) is 1.10. The van der Waals surface area contributed by atoms with Crippen molar-refractivity contribution in [2.45, 2.75) is 13.0 Å². The van der Waals surface area contributed by atoms with Crippen LogP contribution >= 0.6 is 31.9 Å². The second-order valence-corrected chi connectivity index (χ2v) is 4.52. The van der Waals surface area contributed by atoms with E-state index in [-0.39, 0.29) is 11.8 Å². The maximum absolute atomic E-state index is 9.64. The van der Waals surface area contributed by atoms with E-state index >= 15 is 0 Å². The Kier molecular flexibility index (Phi) is 3.80. The first kappa shape index (κ1) is 11.8. The van der Waals surface area contributed by atoms with E-state index in [4.69, 9.17) is 10.5 Å². The first-order valence-electron chi connectivity index (χ1n) is 3.99. The van der Waals surface area contributed by atoms with Crippen LogP contribution in [0.4, 0.5) is 0 Å². The molecule has 0 radical (unpaired) electrons. The van der Waals surface area contributed by atoms with Gasteiger partial charge in [-0.05, 0) is 50.4 Å². The third-order valence-corrected chi connectivity index (χ3v) is 4.04. The van der Waals surface area contributed by atoms with E-state index < -0.39 is 0 Å². The van der Waals surface area contributed by atoms with E-state index in [9.17, 15) is 5.11 Å². The van der Waals surface area contributed by atoms with E-state index in [2.05, 4.69) is 31.9 Å².